The third kappa shape index (κ3) is 3.78. The molecule has 138 valence electrons. The Bertz CT molecular complexity index is 712. The predicted octanol–water partition coefficient (Wildman–Crippen LogP) is 2.52. The van der Waals surface area contributed by atoms with Crippen LogP contribution < -0.4 is 0 Å². The van der Waals surface area contributed by atoms with Gasteiger partial charge in [-0.1, -0.05) is 23.9 Å². The zero-order valence-electron chi connectivity index (χ0n) is 14.6. The van der Waals surface area contributed by atoms with E-state index in [4.69, 9.17) is 4.74 Å². The van der Waals surface area contributed by atoms with Crippen molar-refractivity contribution in [1.82, 2.24) is 9.80 Å². The Hall–Kier alpha value is -1.86. The summed E-state index contributed by atoms with van der Waals surface area (Å²) in [5.41, 5.74) is 1.43. The molecule has 0 N–H and O–H groups in total. The lowest BCUT2D eigenvalue weighted by molar-refractivity contribution is -0.125. The van der Waals surface area contributed by atoms with Gasteiger partial charge in [-0.15, -0.1) is 0 Å². The molecule has 1 aromatic carbocycles. The Balaban J connectivity index is 1.48. The van der Waals surface area contributed by atoms with Gasteiger partial charge in [0.15, 0.2) is 0 Å². The minimum Gasteiger partial charge on any atom is -0.381 e. The molecule has 3 aliphatic rings. The van der Waals surface area contributed by atoms with E-state index in [0.29, 0.717) is 17.5 Å². The van der Waals surface area contributed by atoms with Crippen LogP contribution in [0.25, 0.3) is 0 Å². The molecule has 6 nitrogen and oxygen atoms in total. The summed E-state index contributed by atoms with van der Waals surface area (Å²) in [6, 6.07) is 7.64. The largest absolute Gasteiger partial charge is 0.381 e. The molecule has 1 aromatic rings. The highest BCUT2D eigenvalue weighted by molar-refractivity contribution is 8.14. The highest BCUT2D eigenvalue weighted by atomic mass is 32.2. The number of hydrogen-bond donors (Lipinski definition) is 0. The molecule has 26 heavy (non-hydrogen) atoms. The van der Waals surface area contributed by atoms with E-state index in [0.717, 1.165) is 56.3 Å². The lowest BCUT2D eigenvalue weighted by atomic mass is 10.1. The van der Waals surface area contributed by atoms with Crippen molar-refractivity contribution in [3.05, 3.63) is 35.4 Å². The molecule has 2 heterocycles. The second-order valence-corrected chi connectivity index (χ2v) is 8.08. The molecule has 2 aliphatic heterocycles. The summed E-state index contributed by atoms with van der Waals surface area (Å²) in [7, 11) is 0. The van der Waals surface area contributed by atoms with Gasteiger partial charge in [0, 0.05) is 30.7 Å². The van der Waals surface area contributed by atoms with Crippen molar-refractivity contribution in [2.45, 2.75) is 31.8 Å². The van der Waals surface area contributed by atoms with E-state index in [9.17, 15) is 14.4 Å². The minimum atomic E-state index is -0.215. The van der Waals surface area contributed by atoms with Crippen LogP contribution in [0.3, 0.4) is 0 Å². The zero-order chi connectivity index (χ0) is 18.1. The number of thioether (sulfide) groups is 1. The molecule has 1 atom stereocenters. The maximum atomic E-state index is 13.1. The lowest BCUT2D eigenvalue weighted by Crippen LogP contribution is -2.37. The smallest absolute Gasteiger partial charge is 0.289 e. The molecule has 7 heteroatoms. The monoisotopic (exact) mass is 374 g/mol. The highest BCUT2D eigenvalue weighted by Gasteiger charge is 2.35. The van der Waals surface area contributed by atoms with Crippen LogP contribution in [0.2, 0.25) is 0 Å². The molecule has 0 unspecified atom stereocenters. The van der Waals surface area contributed by atoms with Gasteiger partial charge >= 0.3 is 0 Å². The molecule has 1 aliphatic carbocycles. The van der Waals surface area contributed by atoms with Gasteiger partial charge in [-0.2, -0.15) is 0 Å². The van der Waals surface area contributed by atoms with Crippen molar-refractivity contribution in [1.29, 1.82) is 0 Å². The van der Waals surface area contributed by atoms with E-state index in [1.165, 1.54) is 4.90 Å². The number of hydrogen-bond acceptors (Lipinski definition) is 5. The Kier molecular flexibility index (Phi) is 5.00. The topological polar surface area (TPSA) is 66.9 Å². The summed E-state index contributed by atoms with van der Waals surface area (Å²) in [6.45, 7) is 2.48. The van der Waals surface area contributed by atoms with Gasteiger partial charge in [0.1, 0.15) is 0 Å². The van der Waals surface area contributed by atoms with Gasteiger partial charge in [0.05, 0.1) is 18.9 Å². The van der Waals surface area contributed by atoms with Crippen LogP contribution >= 0.6 is 11.8 Å². The SMILES string of the molecule is O=C1CSC(=O)N1Cc1cccc(C(=O)N(C[C@H]2CCOC2)C2CC2)c1. The van der Waals surface area contributed by atoms with Gasteiger partial charge in [-0.25, -0.2) is 0 Å². The first kappa shape index (κ1) is 17.5. The standard InChI is InChI=1S/C19H22N2O4S/c22-17-12-26-19(24)21(17)9-13-2-1-3-15(8-13)18(23)20(16-4-5-16)10-14-6-7-25-11-14/h1-3,8,14,16H,4-7,9-12H2/t14-/m1/s1. The third-order valence-corrected chi connectivity index (χ3v) is 5.94. The van der Waals surface area contributed by atoms with Gasteiger partial charge in [-0.05, 0) is 37.0 Å². The summed E-state index contributed by atoms with van der Waals surface area (Å²) in [4.78, 5) is 39.9. The maximum absolute atomic E-state index is 13.1. The minimum absolute atomic E-state index is 0.0368. The molecule has 3 amide bonds. The average Bonchev–Trinajstić information content (AvgIpc) is 3.28. The number of imide groups is 1. The molecule has 0 radical (unpaired) electrons. The van der Waals surface area contributed by atoms with Crippen LogP contribution in [-0.2, 0) is 16.1 Å². The van der Waals surface area contributed by atoms with E-state index in [-0.39, 0.29) is 29.4 Å². The van der Waals surface area contributed by atoms with Gasteiger partial charge in [0.2, 0.25) is 5.91 Å². The fourth-order valence-electron chi connectivity index (χ4n) is 3.47. The van der Waals surface area contributed by atoms with Crippen molar-refractivity contribution in [2.75, 3.05) is 25.5 Å². The van der Waals surface area contributed by atoms with Crippen molar-refractivity contribution >= 4 is 28.8 Å². The number of carbonyl (C=O) groups excluding carboxylic acids is 3. The van der Waals surface area contributed by atoms with E-state index in [1.54, 1.807) is 0 Å². The van der Waals surface area contributed by atoms with Crippen LogP contribution in [0.4, 0.5) is 4.79 Å². The molecule has 0 bridgehead atoms. The summed E-state index contributed by atoms with van der Waals surface area (Å²) in [5.74, 6) is 0.489. The van der Waals surface area contributed by atoms with E-state index in [2.05, 4.69) is 0 Å². The summed E-state index contributed by atoms with van der Waals surface area (Å²) < 4.78 is 5.45. The van der Waals surface area contributed by atoms with Crippen molar-refractivity contribution in [3.63, 3.8) is 0 Å². The number of nitrogens with zero attached hydrogens (tertiary/aromatic N) is 2. The molecule has 3 fully saturated rings. The van der Waals surface area contributed by atoms with Crippen LogP contribution in [0.1, 0.15) is 35.2 Å². The quantitative estimate of drug-likeness (QED) is 0.765. The van der Waals surface area contributed by atoms with E-state index in [1.807, 2.05) is 29.2 Å². The number of amides is 3. The molecule has 0 aromatic heterocycles. The van der Waals surface area contributed by atoms with E-state index >= 15 is 0 Å². The number of ether oxygens (including phenoxy) is 1. The first-order valence-electron chi connectivity index (χ1n) is 9.06. The van der Waals surface area contributed by atoms with Crippen LogP contribution in [0.5, 0.6) is 0 Å². The van der Waals surface area contributed by atoms with Crippen LogP contribution in [-0.4, -0.2) is 58.4 Å². The lowest BCUT2D eigenvalue weighted by Gasteiger charge is -2.25. The summed E-state index contributed by atoms with van der Waals surface area (Å²) >= 11 is 1.03. The molecular formula is C19H22N2O4S. The highest BCUT2D eigenvalue weighted by Crippen LogP contribution is 2.30. The second-order valence-electron chi connectivity index (χ2n) is 7.15. The van der Waals surface area contributed by atoms with Crippen LogP contribution in [0, 0.1) is 5.92 Å². The Labute approximate surface area is 156 Å². The van der Waals surface area contributed by atoms with Gasteiger partial charge < -0.3 is 9.64 Å². The maximum Gasteiger partial charge on any atom is 0.289 e. The molecule has 0 spiro atoms. The number of carbonyl (C=O) groups is 3. The van der Waals surface area contributed by atoms with E-state index < -0.39 is 0 Å². The molecular weight excluding hydrogens is 352 g/mol. The summed E-state index contributed by atoms with van der Waals surface area (Å²) in [6.07, 6.45) is 3.13. The van der Waals surface area contributed by atoms with Crippen molar-refractivity contribution in [2.24, 2.45) is 5.92 Å². The predicted molar refractivity (Wildman–Crippen MR) is 97.8 cm³/mol. The summed E-state index contributed by atoms with van der Waals surface area (Å²) in [5, 5.41) is -0.215. The molecule has 4 rings (SSSR count). The van der Waals surface area contributed by atoms with Crippen molar-refractivity contribution < 1.29 is 19.1 Å². The van der Waals surface area contributed by atoms with Gasteiger partial charge in [0.25, 0.3) is 11.1 Å². The Morgan fingerprint density at radius 3 is 2.77 bits per heavy atom. The average molecular weight is 374 g/mol. The number of rotatable bonds is 6. The number of benzene rings is 1. The first-order valence-corrected chi connectivity index (χ1v) is 10.0. The van der Waals surface area contributed by atoms with Gasteiger partial charge in [-0.3, -0.25) is 19.3 Å². The fraction of sp³-hybridized carbons (Fsp3) is 0.526. The Morgan fingerprint density at radius 2 is 2.12 bits per heavy atom. The zero-order valence-corrected chi connectivity index (χ0v) is 15.4. The normalized spacial score (nSPS) is 22.9. The van der Waals surface area contributed by atoms with Crippen LogP contribution in [0.15, 0.2) is 24.3 Å². The first-order chi connectivity index (χ1) is 12.6. The third-order valence-electron chi connectivity index (χ3n) is 5.08. The second kappa shape index (κ2) is 7.40. The Morgan fingerprint density at radius 1 is 1.27 bits per heavy atom. The van der Waals surface area contributed by atoms with Crippen molar-refractivity contribution in [3.8, 4) is 0 Å². The molecule has 1 saturated carbocycles. The fourth-order valence-corrected chi connectivity index (χ4v) is 4.20. The molecule has 2 saturated heterocycles.